The van der Waals surface area contributed by atoms with Crippen LogP contribution in [0.25, 0.3) is 6.08 Å². The number of rotatable bonds is 6. The first-order valence-corrected chi connectivity index (χ1v) is 8.21. The van der Waals surface area contributed by atoms with E-state index in [1.165, 1.54) is 0 Å². The zero-order chi connectivity index (χ0) is 18.4. The lowest BCUT2D eigenvalue weighted by atomic mass is 10.00. The monoisotopic (exact) mass is 342 g/mol. The number of carboxylic acid groups (broad SMARTS) is 1. The number of benzene rings is 1. The Bertz CT molecular complexity index is 750. The van der Waals surface area contributed by atoms with Gasteiger partial charge in [-0.3, -0.25) is 9.59 Å². The van der Waals surface area contributed by atoms with Crippen molar-refractivity contribution in [1.82, 2.24) is 5.32 Å². The molecule has 0 aliphatic carbocycles. The number of aliphatic carboxylic acids is 1. The summed E-state index contributed by atoms with van der Waals surface area (Å²) in [6.07, 6.45) is 4.17. The van der Waals surface area contributed by atoms with Crippen molar-refractivity contribution in [3.63, 3.8) is 0 Å². The number of allylic oxidation sites excluding steroid dienone is 1. The number of amides is 2. The second-order valence-electron chi connectivity index (χ2n) is 5.85. The fourth-order valence-electron chi connectivity index (χ4n) is 2.75. The Labute approximate surface area is 146 Å². The summed E-state index contributed by atoms with van der Waals surface area (Å²) < 4.78 is 0. The van der Waals surface area contributed by atoms with Crippen LogP contribution >= 0.6 is 0 Å². The number of hydrogen-bond donors (Lipinski definition) is 3. The summed E-state index contributed by atoms with van der Waals surface area (Å²) in [6, 6.07) is 6.23. The Balaban J connectivity index is 2.21. The van der Waals surface area contributed by atoms with Crippen molar-refractivity contribution in [2.45, 2.75) is 39.2 Å². The van der Waals surface area contributed by atoms with Gasteiger partial charge in [0.2, 0.25) is 11.8 Å². The van der Waals surface area contributed by atoms with Crippen molar-refractivity contribution in [2.75, 3.05) is 5.32 Å². The van der Waals surface area contributed by atoms with Crippen LogP contribution in [-0.2, 0) is 14.4 Å². The van der Waals surface area contributed by atoms with Gasteiger partial charge in [0.05, 0.1) is 0 Å². The Hall–Kier alpha value is -2.89. The van der Waals surface area contributed by atoms with Crippen LogP contribution in [0.15, 0.2) is 41.5 Å². The highest BCUT2D eigenvalue weighted by atomic mass is 16.4. The molecule has 1 unspecified atom stereocenters. The van der Waals surface area contributed by atoms with Gasteiger partial charge in [-0.1, -0.05) is 42.8 Å². The first kappa shape index (κ1) is 18.4. The number of hydrogen-bond acceptors (Lipinski definition) is 3. The lowest BCUT2D eigenvalue weighted by molar-refractivity contribution is -0.141. The second-order valence-corrected chi connectivity index (χ2v) is 5.85. The topological polar surface area (TPSA) is 95.5 Å². The van der Waals surface area contributed by atoms with Gasteiger partial charge in [-0.05, 0) is 25.0 Å². The van der Waals surface area contributed by atoms with Crippen molar-refractivity contribution in [1.29, 1.82) is 0 Å². The van der Waals surface area contributed by atoms with Gasteiger partial charge in [0.1, 0.15) is 6.04 Å². The number of fused-ring (bicyclic) bond motifs is 1. The third-order valence-electron chi connectivity index (χ3n) is 4.07. The molecule has 132 valence electrons. The fraction of sp³-hybridized carbons (Fsp3) is 0.316. The molecule has 1 atom stereocenters. The van der Waals surface area contributed by atoms with Gasteiger partial charge in [-0.15, -0.1) is 0 Å². The number of para-hydroxylation sites is 1. The number of nitrogens with one attached hydrogen (secondary N) is 2. The van der Waals surface area contributed by atoms with Crippen LogP contribution in [0.2, 0.25) is 0 Å². The van der Waals surface area contributed by atoms with E-state index < -0.39 is 17.9 Å². The molecule has 0 spiro atoms. The predicted molar refractivity (Wildman–Crippen MR) is 95.9 cm³/mol. The normalized spacial score (nSPS) is 15.4. The van der Waals surface area contributed by atoms with E-state index in [1.807, 2.05) is 31.2 Å². The lowest BCUT2D eigenvalue weighted by Crippen LogP contribution is -2.41. The average Bonchev–Trinajstić information content (AvgIpc) is 2.72. The number of carboxylic acids is 1. The van der Waals surface area contributed by atoms with Gasteiger partial charge < -0.3 is 15.7 Å². The Morgan fingerprint density at radius 3 is 2.72 bits per heavy atom. The number of anilines is 1. The van der Waals surface area contributed by atoms with Crippen LogP contribution in [0.3, 0.4) is 0 Å². The quantitative estimate of drug-likeness (QED) is 0.693. The summed E-state index contributed by atoms with van der Waals surface area (Å²) in [5.74, 6) is -1.72. The van der Waals surface area contributed by atoms with E-state index in [0.717, 1.165) is 5.56 Å². The molecule has 1 heterocycles. The van der Waals surface area contributed by atoms with Crippen LogP contribution in [0.1, 0.15) is 38.7 Å². The maximum Gasteiger partial charge on any atom is 0.326 e. The lowest BCUT2D eigenvalue weighted by Gasteiger charge is -2.16. The molecule has 3 N–H and O–H groups in total. The molecule has 2 rings (SSSR count). The van der Waals surface area contributed by atoms with Crippen molar-refractivity contribution < 1.29 is 19.5 Å². The molecule has 2 amide bonds. The highest BCUT2D eigenvalue weighted by molar-refractivity contribution is 5.98. The van der Waals surface area contributed by atoms with Gasteiger partial charge in [0.25, 0.3) is 0 Å². The Morgan fingerprint density at radius 2 is 2.08 bits per heavy atom. The molecule has 1 aromatic rings. The molecule has 0 saturated carbocycles. The van der Waals surface area contributed by atoms with E-state index in [0.29, 0.717) is 23.3 Å². The molecule has 6 heteroatoms. The summed E-state index contributed by atoms with van der Waals surface area (Å²) in [4.78, 5) is 35.7. The summed E-state index contributed by atoms with van der Waals surface area (Å²) >= 11 is 0. The molecular formula is C19H22N2O4. The Morgan fingerprint density at radius 1 is 1.36 bits per heavy atom. The highest BCUT2D eigenvalue weighted by Gasteiger charge is 2.24. The minimum absolute atomic E-state index is 0.0730. The smallest absolute Gasteiger partial charge is 0.326 e. The van der Waals surface area contributed by atoms with E-state index in [9.17, 15) is 19.5 Å². The van der Waals surface area contributed by atoms with Crippen LogP contribution in [-0.4, -0.2) is 28.9 Å². The molecule has 1 aliphatic rings. The minimum atomic E-state index is -1.13. The molecule has 0 aromatic heterocycles. The zero-order valence-electron chi connectivity index (χ0n) is 14.3. The van der Waals surface area contributed by atoms with Crippen molar-refractivity contribution >= 4 is 29.5 Å². The maximum atomic E-state index is 12.2. The fourth-order valence-corrected chi connectivity index (χ4v) is 2.75. The van der Waals surface area contributed by atoms with Gasteiger partial charge >= 0.3 is 5.97 Å². The molecule has 0 bridgehead atoms. The van der Waals surface area contributed by atoms with Crippen LogP contribution in [0.5, 0.6) is 0 Å². The average molecular weight is 342 g/mol. The molecule has 0 radical (unpaired) electrons. The first-order valence-electron chi connectivity index (χ1n) is 8.21. The molecule has 25 heavy (non-hydrogen) atoms. The van der Waals surface area contributed by atoms with E-state index in [2.05, 4.69) is 10.6 Å². The summed E-state index contributed by atoms with van der Waals surface area (Å²) in [7, 11) is 0. The van der Waals surface area contributed by atoms with Crippen LogP contribution < -0.4 is 10.6 Å². The van der Waals surface area contributed by atoms with Gasteiger partial charge in [-0.2, -0.15) is 0 Å². The van der Waals surface area contributed by atoms with Gasteiger partial charge in [-0.25, -0.2) is 4.79 Å². The number of carbonyl (C=O) groups excluding carboxylic acids is 2. The third kappa shape index (κ3) is 4.79. The molecular weight excluding hydrogens is 320 g/mol. The maximum absolute atomic E-state index is 12.2. The molecule has 0 saturated heterocycles. The van der Waals surface area contributed by atoms with Gasteiger partial charge in [0.15, 0.2) is 0 Å². The first-order chi connectivity index (χ1) is 11.9. The zero-order valence-corrected chi connectivity index (χ0v) is 14.3. The molecule has 6 nitrogen and oxygen atoms in total. The molecule has 0 fully saturated rings. The predicted octanol–water partition coefficient (Wildman–Crippen LogP) is 2.73. The number of carbonyl (C=O) groups is 3. The molecule has 1 aliphatic heterocycles. The van der Waals surface area contributed by atoms with Crippen LogP contribution in [0, 0.1) is 0 Å². The standard InChI is InChI=1S/C19H22N2O4/c1-3-13(4-2)18(23)21-16(19(24)25)10-12-9-14-7-5-6-8-15(14)20-17(22)11-12/h3,5-9,16H,4,10-11H2,1-2H3,(H,20,22)(H,21,23)(H,24,25)/b13-3+. The van der Waals surface area contributed by atoms with Gasteiger partial charge in [0, 0.05) is 24.1 Å². The second kappa shape index (κ2) is 8.28. The largest absolute Gasteiger partial charge is 0.480 e. The summed E-state index contributed by atoms with van der Waals surface area (Å²) in [6.45, 7) is 3.57. The van der Waals surface area contributed by atoms with E-state index in [1.54, 1.807) is 19.1 Å². The van der Waals surface area contributed by atoms with Crippen molar-refractivity contribution in [3.8, 4) is 0 Å². The highest BCUT2D eigenvalue weighted by Crippen LogP contribution is 2.26. The minimum Gasteiger partial charge on any atom is -0.480 e. The van der Waals surface area contributed by atoms with Crippen LogP contribution in [0.4, 0.5) is 5.69 Å². The SMILES string of the molecule is C/C=C(\CC)C(=O)NC(CC1=Cc2ccccc2NC(=O)C1)C(=O)O. The summed E-state index contributed by atoms with van der Waals surface area (Å²) in [5.41, 5.74) is 2.71. The van der Waals surface area contributed by atoms with Crippen molar-refractivity contribution in [3.05, 3.63) is 47.1 Å². The Kier molecular flexibility index (Phi) is 6.11. The van der Waals surface area contributed by atoms with E-state index in [-0.39, 0.29) is 18.7 Å². The summed E-state index contributed by atoms with van der Waals surface area (Å²) in [5, 5.41) is 14.8. The molecule has 1 aromatic carbocycles. The third-order valence-corrected chi connectivity index (χ3v) is 4.07. The van der Waals surface area contributed by atoms with Crippen molar-refractivity contribution in [2.24, 2.45) is 0 Å². The van der Waals surface area contributed by atoms with E-state index in [4.69, 9.17) is 0 Å². The van der Waals surface area contributed by atoms with E-state index >= 15 is 0 Å².